The van der Waals surface area contributed by atoms with Gasteiger partial charge in [-0.1, -0.05) is 39.7 Å². The SMILES string of the molecule is Clc1ccc(COCc2cccc(Br)c2)nn1. The Morgan fingerprint density at radius 2 is 2.00 bits per heavy atom. The second-order valence-corrected chi connectivity index (χ2v) is 4.77. The Morgan fingerprint density at radius 1 is 1.12 bits per heavy atom. The van der Waals surface area contributed by atoms with E-state index in [1.807, 2.05) is 24.3 Å². The fourth-order valence-corrected chi connectivity index (χ4v) is 1.87. The van der Waals surface area contributed by atoms with Gasteiger partial charge in [0.05, 0.1) is 18.9 Å². The Kier molecular flexibility index (Phi) is 4.48. The van der Waals surface area contributed by atoms with Crippen LogP contribution in [0.4, 0.5) is 0 Å². The van der Waals surface area contributed by atoms with Crippen molar-refractivity contribution < 1.29 is 4.74 Å². The van der Waals surface area contributed by atoms with Crippen LogP contribution >= 0.6 is 27.5 Å². The van der Waals surface area contributed by atoms with Gasteiger partial charge in [-0.2, -0.15) is 5.10 Å². The monoisotopic (exact) mass is 312 g/mol. The molecule has 0 saturated heterocycles. The molecule has 1 aromatic carbocycles. The van der Waals surface area contributed by atoms with Gasteiger partial charge in [0, 0.05) is 4.47 Å². The topological polar surface area (TPSA) is 35.0 Å². The van der Waals surface area contributed by atoms with Gasteiger partial charge in [-0.05, 0) is 29.8 Å². The van der Waals surface area contributed by atoms with Crippen molar-refractivity contribution >= 4 is 27.5 Å². The number of rotatable bonds is 4. The van der Waals surface area contributed by atoms with E-state index in [9.17, 15) is 0 Å². The van der Waals surface area contributed by atoms with E-state index in [2.05, 4.69) is 26.1 Å². The molecule has 17 heavy (non-hydrogen) atoms. The van der Waals surface area contributed by atoms with Gasteiger partial charge in [-0.3, -0.25) is 0 Å². The molecule has 0 amide bonds. The molecule has 0 atom stereocenters. The molecule has 88 valence electrons. The van der Waals surface area contributed by atoms with E-state index in [1.165, 1.54) is 0 Å². The summed E-state index contributed by atoms with van der Waals surface area (Å²) in [5, 5.41) is 8.05. The molecular weight excluding hydrogens is 304 g/mol. The maximum atomic E-state index is 5.64. The van der Waals surface area contributed by atoms with Crippen LogP contribution in [0.3, 0.4) is 0 Å². The van der Waals surface area contributed by atoms with Crippen LogP contribution < -0.4 is 0 Å². The molecule has 0 aliphatic carbocycles. The zero-order chi connectivity index (χ0) is 12.1. The molecule has 2 rings (SSSR count). The second-order valence-electron chi connectivity index (χ2n) is 3.47. The quantitative estimate of drug-likeness (QED) is 0.865. The third kappa shape index (κ3) is 4.07. The minimum Gasteiger partial charge on any atom is -0.370 e. The van der Waals surface area contributed by atoms with Crippen LogP contribution in [-0.4, -0.2) is 10.2 Å². The van der Waals surface area contributed by atoms with Gasteiger partial charge in [0.1, 0.15) is 0 Å². The average molecular weight is 314 g/mol. The van der Waals surface area contributed by atoms with Gasteiger partial charge in [0.2, 0.25) is 0 Å². The molecule has 0 fully saturated rings. The van der Waals surface area contributed by atoms with Gasteiger partial charge in [-0.25, -0.2) is 0 Å². The van der Waals surface area contributed by atoms with Crippen LogP contribution in [-0.2, 0) is 18.0 Å². The first-order valence-corrected chi connectivity index (χ1v) is 6.21. The van der Waals surface area contributed by atoms with Gasteiger partial charge in [0.25, 0.3) is 0 Å². The van der Waals surface area contributed by atoms with Gasteiger partial charge in [0.15, 0.2) is 5.15 Å². The lowest BCUT2D eigenvalue weighted by molar-refractivity contribution is 0.104. The Hall–Kier alpha value is -0.970. The van der Waals surface area contributed by atoms with Crippen molar-refractivity contribution in [2.75, 3.05) is 0 Å². The summed E-state index contributed by atoms with van der Waals surface area (Å²) < 4.78 is 6.58. The predicted molar refractivity (Wildman–Crippen MR) is 69.7 cm³/mol. The highest BCUT2D eigenvalue weighted by molar-refractivity contribution is 9.10. The summed E-state index contributed by atoms with van der Waals surface area (Å²) in [4.78, 5) is 0. The lowest BCUT2D eigenvalue weighted by Gasteiger charge is -2.04. The van der Waals surface area contributed by atoms with Crippen LogP contribution in [0, 0.1) is 0 Å². The van der Waals surface area contributed by atoms with E-state index in [0.29, 0.717) is 18.4 Å². The summed E-state index contributed by atoms with van der Waals surface area (Å²) >= 11 is 9.05. The molecule has 0 aliphatic rings. The highest BCUT2D eigenvalue weighted by Gasteiger charge is 1.98. The summed E-state index contributed by atoms with van der Waals surface area (Å²) in [6.07, 6.45) is 0. The number of hydrogen-bond acceptors (Lipinski definition) is 3. The molecule has 0 unspecified atom stereocenters. The third-order valence-electron chi connectivity index (χ3n) is 2.09. The number of hydrogen-bond donors (Lipinski definition) is 0. The van der Waals surface area contributed by atoms with E-state index >= 15 is 0 Å². The summed E-state index contributed by atoms with van der Waals surface area (Å²) in [5.41, 5.74) is 1.88. The highest BCUT2D eigenvalue weighted by Crippen LogP contribution is 2.13. The summed E-state index contributed by atoms with van der Waals surface area (Å²) in [6, 6.07) is 11.5. The number of nitrogens with zero attached hydrogens (tertiary/aromatic N) is 2. The molecule has 0 N–H and O–H groups in total. The first-order valence-electron chi connectivity index (χ1n) is 5.04. The third-order valence-corrected chi connectivity index (χ3v) is 2.79. The second kappa shape index (κ2) is 6.10. The lowest BCUT2D eigenvalue weighted by atomic mass is 10.2. The van der Waals surface area contributed by atoms with E-state index < -0.39 is 0 Å². The number of aromatic nitrogens is 2. The maximum absolute atomic E-state index is 5.64. The van der Waals surface area contributed by atoms with Crippen molar-refractivity contribution in [1.29, 1.82) is 0 Å². The van der Waals surface area contributed by atoms with E-state index in [4.69, 9.17) is 16.3 Å². The molecule has 0 radical (unpaired) electrons. The molecule has 0 saturated carbocycles. The Labute approximate surface area is 113 Å². The summed E-state index contributed by atoms with van der Waals surface area (Å²) in [7, 11) is 0. The van der Waals surface area contributed by atoms with Crippen LogP contribution in [0.25, 0.3) is 0 Å². The minimum atomic E-state index is 0.390. The summed E-state index contributed by atoms with van der Waals surface area (Å²) in [5.74, 6) is 0. The molecule has 3 nitrogen and oxygen atoms in total. The Balaban J connectivity index is 1.85. The maximum Gasteiger partial charge on any atom is 0.151 e. The fourth-order valence-electron chi connectivity index (χ4n) is 1.32. The molecule has 0 bridgehead atoms. The first-order chi connectivity index (χ1) is 8.24. The zero-order valence-corrected chi connectivity index (χ0v) is 11.3. The van der Waals surface area contributed by atoms with Gasteiger partial charge < -0.3 is 4.74 Å². The zero-order valence-electron chi connectivity index (χ0n) is 8.94. The number of ether oxygens (including phenoxy) is 1. The van der Waals surface area contributed by atoms with Gasteiger partial charge >= 0.3 is 0 Å². The van der Waals surface area contributed by atoms with Crippen molar-refractivity contribution in [3.8, 4) is 0 Å². The van der Waals surface area contributed by atoms with Crippen molar-refractivity contribution in [2.24, 2.45) is 0 Å². The number of halogens is 2. The molecule has 0 spiro atoms. The predicted octanol–water partition coefficient (Wildman–Crippen LogP) is 3.61. The minimum absolute atomic E-state index is 0.390. The Morgan fingerprint density at radius 3 is 2.71 bits per heavy atom. The molecular formula is C12H10BrClN2O. The first kappa shape index (κ1) is 12.5. The van der Waals surface area contributed by atoms with Crippen LogP contribution in [0.1, 0.15) is 11.3 Å². The largest absolute Gasteiger partial charge is 0.370 e. The highest BCUT2D eigenvalue weighted by atomic mass is 79.9. The lowest BCUT2D eigenvalue weighted by Crippen LogP contribution is -1.97. The molecule has 1 heterocycles. The molecule has 2 aromatic rings. The van der Waals surface area contributed by atoms with Crippen molar-refractivity contribution in [2.45, 2.75) is 13.2 Å². The Bertz CT molecular complexity index is 490. The van der Waals surface area contributed by atoms with Gasteiger partial charge in [-0.15, -0.1) is 5.10 Å². The molecule has 0 aliphatic heterocycles. The normalized spacial score (nSPS) is 10.5. The smallest absolute Gasteiger partial charge is 0.151 e. The van der Waals surface area contributed by atoms with E-state index in [-0.39, 0.29) is 0 Å². The molecule has 5 heteroatoms. The van der Waals surface area contributed by atoms with Crippen LogP contribution in [0.5, 0.6) is 0 Å². The van der Waals surface area contributed by atoms with Crippen molar-refractivity contribution in [3.63, 3.8) is 0 Å². The van der Waals surface area contributed by atoms with E-state index in [1.54, 1.807) is 12.1 Å². The van der Waals surface area contributed by atoms with E-state index in [0.717, 1.165) is 15.7 Å². The van der Waals surface area contributed by atoms with Crippen LogP contribution in [0.15, 0.2) is 40.9 Å². The van der Waals surface area contributed by atoms with Crippen LogP contribution in [0.2, 0.25) is 5.15 Å². The number of benzene rings is 1. The fraction of sp³-hybridized carbons (Fsp3) is 0.167. The average Bonchev–Trinajstić information content (AvgIpc) is 2.32. The van der Waals surface area contributed by atoms with Crippen molar-refractivity contribution in [1.82, 2.24) is 10.2 Å². The standard InChI is InChI=1S/C12H10BrClN2O/c13-10-3-1-2-9(6-10)7-17-8-11-4-5-12(14)16-15-11/h1-6H,7-8H2. The summed E-state index contributed by atoms with van der Waals surface area (Å²) in [6.45, 7) is 0.973. The van der Waals surface area contributed by atoms with Crippen molar-refractivity contribution in [3.05, 3.63) is 57.3 Å². The molecule has 1 aromatic heterocycles.